The Morgan fingerprint density at radius 2 is 1.38 bits per heavy atom. The van der Waals surface area contributed by atoms with Crippen molar-refractivity contribution in [2.45, 2.75) is 63.9 Å². The molecule has 1 heteroatoms. The normalized spacial score (nSPS) is 42.4. The molecule has 0 bridgehead atoms. The first-order chi connectivity index (χ1) is 10.2. The van der Waals surface area contributed by atoms with Crippen LogP contribution in [0.25, 0.3) is 0 Å². The predicted molar refractivity (Wildman–Crippen MR) is 86.0 cm³/mol. The van der Waals surface area contributed by atoms with E-state index in [2.05, 4.69) is 31.2 Å². The Kier molecular flexibility index (Phi) is 3.37. The fourth-order valence-corrected chi connectivity index (χ4v) is 6.13. The van der Waals surface area contributed by atoms with Gasteiger partial charge in [-0.25, -0.2) is 0 Å². The van der Waals surface area contributed by atoms with Gasteiger partial charge in [0, 0.05) is 0 Å². The molecule has 4 unspecified atom stereocenters. The highest BCUT2D eigenvalue weighted by molar-refractivity contribution is 5.35. The SMILES string of the molecule is Cc1ccccc1C1(O)C2CCCCC2C2CCCCC21. The standard InChI is InChI=1S/C20H28O/c1-14-8-2-5-11-17(14)20(21)18-12-6-3-9-15(18)16-10-4-7-13-19(16)20/h2,5,8,11,15-16,18-19,21H,3-4,6-7,9-10,12-13H2,1H3. The summed E-state index contributed by atoms with van der Waals surface area (Å²) in [4.78, 5) is 0. The van der Waals surface area contributed by atoms with Crippen molar-refractivity contribution in [3.05, 3.63) is 35.4 Å². The summed E-state index contributed by atoms with van der Waals surface area (Å²) >= 11 is 0. The first-order valence-corrected chi connectivity index (χ1v) is 9.01. The third-order valence-electron chi connectivity index (χ3n) is 6.90. The molecule has 0 aliphatic heterocycles. The van der Waals surface area contributed by atoms with Crippen LogP contribution in [-0.4, -0.2) is 5.11 Å². The van der Waals surface area contributed by atoms with Crippen molar-refractivity contribution in [1.29, 1.82) is 0 Å². The van der Waals surface area contributed by atoms with Gasteiger partial charge in [0.1, 0.15) is 0 Å². The lowest BCUT2D eigenvalue weighted by Gasteiger charge is -2.40. The second kappa shape index (κ2) is 5.12. The van der Waals surface area contributed by atoms with Gasteiger partial charge in [0.15, 0.2) is 0 Å². The lowest BCUT2D eigenvalue weighted by molar-refractivity contribution is -0.0655. The highest BCUT2D eigenvalue weighted by Crippen LogP contribution is 2.63. The van der Waals surface area contributed by atoms with Crippen LogP contribution in [0.4, 0.5) is 0 Å². The molecule has 0 aromatic heterocycles. The molecular weight excluding hydrogens is 256 g/mol. The van der Waals surface area contributed by atoms with E-state index in [0.717, 1.165) is 11.8 Å². The van der Waals surface area contributed by atoms with Crippen molar-refractivity contribution in [2.24, 2.45) is 23.7 Å². The van der Waals surface area contributed by atoms with Crippen molar-refractivity contribution < 1.29 is 5.11 Å². The van der Waals surface area contributed by atoms with Crippen molar-refractivity contribution in [3.8, 4) is 0 Å². The Balaban J connectivity index is 1.82. The maximum atomic E-state index is 11.9. The summed E-state index contributed by atoms with van der Waals surface area (Å²) in [5.74, 6) is 2.60. The minimum absolute atomic E-state index is 0.514. The molecule has 0 saturated heterocycles. The molecule has 4 rings (SSSR count). The predicted octanol–water partition coefficient (Wildman–Crippen LogP) is 4.81. The van der Waals surface area contributed by atoms with Crippen LogP contribution in [0.5, 0.6) is 0 Å². The Labute approximate surface area is 128 Å². The molecule has 0 radical (unpaired) electrons. The van der Waals surface area contributed by atoms with Crippen molar-refractivity contribution in [1.82, 2.24) is 0 Å². The van der Waals surface area contributed by atoms with Gasteiger partial charge >= 0.3 is 0 Å². The average Bonchev–Trinajstić information content (AvgIpc) is 2.79. The van der Waals surface area contributed by atoms with Crippen molar-refractivity contribution >= 4 is 0 Å². The van der Waals surface area contributed by atoms with E-state index in [0.29, 0.717) is 11.8 Å². The van der Waals surface area contributed by atoms with Crippen molar-refractivity contribution in [2.75, 3.05) is 0 Å². The van der Waals surface area contributed by atoms with Gasteiger partial charge in [0.05, 0.1) is 5.60 Å². The van der Waals surface area contributed by atoms with Crippen LogP contribution < -0.4 is 0 Å². The molecule has 4 atom stereocenters. The van der Waals surface area contributed by atoms with E-state index in [9.17, 15) is 5.11 Å². The van der Waals surface area contributed by atoms with Crippen LogP contribution in [0.3, 0.4) is 0 Å². The number of aliphatic hydroxyl groups is 1. The van der Waals surface area contributed by atoms with Crippen LogP contribution in [0.2, 0.25) is 0 Å². The molecule has 1 aromatic rings. The van der Waals surface area contributed by atoms with Crippen LogP contribution in [0.1, 0.15) is 62.5 Å². The smallest absolute Gasteiger partial charge is 0.0960 e. The number of benzene rings is 1. The maximum absolute atomic E-state index is 11.9. The van der Waals surface area contributed by atoms with E-state index >= 15 is 0 Å². The Hall–Kier alpha value is -0.820. The van der Waals surface area contributed by atoms with Gasteiger partial charge in [-0.15, -0.1) is 0 Å². The summed E-state index contributed by atoms with van der Waals surface area (Å²) in [6.45, 7) is 2.18. The molecule has 3 fully saturated rings. The molecule has 3 aliphatic carbocycles. The first-order valence-electron chi connectivity index (χ1n) is 9.01. The number of rotatable bonds is 1. The van der Waals surface area contributed by atoms with Crippen LogP contribution >= 0.6 is 0 Å². The highest BCUT2D eigenvalue weighted by Gasteiger charge is 2.60. The molecule has 114 valence electrons. The van der Waals surface area contributed by atoms with Gasteiger partial charge in [-0.2, -0.15) is 0 Å². The quantitative estimate of drug-likeness (QED) is 0.784. The average molecular weight is 284 g/mol. The molecule has 0 heterocycles. The van der Waals surface area contributed by atoms with Gasteiger partial charge in [-0.05, 0) is 67.4 Å². The van der Waals surface area contributed by atoms with Gasteiger partial charge in [0.25, 0.3) is 0 Å². The Bertz CT molecular complexity index is 498. The topological polar surface area (TPSA) is 20.2 Å². The first kappa shape index (κ1) is 13.8. The summed E-state index contributed by atoms with van der Waals surface area (Å²) in [6, 6.07) is 8.61. The molecule has 3 aliphatic rings. The lowest BCUT2D eigenvalue weighted by atomic mass is 9.70. The summed E-state index contributed by atoms with van der Waals surface area (Å²) in [5, 5.41) is 11.9. The van der Waals surface area contributed by atoms with E-state index in [1.807, 2.05) is 0 Å². The van der Waals surface area contributed by atoms with Crippen LogP contribution in [0.15, 0.2) is 24.3 Å². The van der Waals surface area contributed by atoms with E-state index < -0.39 is 5.60 Å². The highest BCUT2D eigenvalue weighted by atomic mass is 16.3. The summed E-state index contributed by atoms with van der Waals surface area (Å²) < 4.78 is 0. The molecule has 1 N–H and O–H groups in total. The number of aryl methyl sites for hydroxylation is 1. The number of fused-ring (bicyclic) bond motifs is 3. The fourth-order valence-electron chi connectivity index (χ4n) is 6.13. The van der Waals surface area contributed by atoms with E-state index in [-0.39, 0.29) is 0 Å². The van der Waals surface area contributed by atoms with Crippen molar-refractivity contribution in [3.63, 3.8) is 0 Å². The zero-order chi connectivity index (χ0) is 14.4. The zero-order valence-corrected chi connectivity index (χ0v) is 13.2. The monoisotopic (exact) mass is 284 g/mol. The molecular formula is C20H28O. The maximum Gasteiger partial charge on any atom is 0.0960 e. The van der Waals surface area contributed by atoms with E-state index in [4.69, 9.17) is 0 Å². The van der Waals surface area contributed by atoms with Crippen LogP contribution in [-0.2, 0) is 5.60 Å². The summed E-state index contributed by atoms with van der Waals surface area (Å²) in [6.07, 6.45) is 10.6. The van der Waals surface area contributed by atoms with Gasteiger partial charge in [-0.1, -0.05) is 49.9 Å². The summed E-state index contributed by atoms with van der Waals surface area (Å²) in [5.41, 5.74) is 1.99. The third kappa shape index (κ3) is 1.93. The largest absolute Gasteiger partial charge is 0.385 e. The minimum Gasteiger partial charge on any atom is -0.385 e. The fraction of sp³-hybridized carbons (Fsp3) is 0.700. The lowest BCUT2D eigenvalue weighted by Crippen LogP contribution is -2.40. The zero-order valence-electron chi connectivity index (χ0n) is 13.2. The molecule has 0 spiro atoms. The minimum atomic E-state index is -0.540. The molecule has 1 nitrogen and oxygen atoms in total. The van der Waals surface area contributed by atoms with Gasteiger partial charge in [-0.3, -0.25) is 0 Å². The Morgan fingerprint density at radius 1 is 0.857 bits per heavy atom. The van der Waals surface area contributed by atoms with Gasteiger partial charge < -0.3 is 5.11 Å². The second-order valence-corrected chi connectivity index (χ2v) is 7.75. The van der Waals surface area contributed by atoms with E-state index in [1.165, 1.54) is 62.5 Å². The van der Waals surface area contributed by atoms with Crippen LogP contribution in [0, 0.1) is 30.6 Å². The molecule has 1 aromatic carbocycles. The second-order valence-electron chi connectivity index (χ2n) is 7.75. The number of hydrogen-bond donors (Lipinski definition) is 1. The summed E-state index contributed by atoms with van der Waals surface area (Å²) in [7, 11) is 0. The molecule has 3 saturated carbocycles. The molecule has 21 heavy (non-hydrogen) atoms. The third-order valence-corrected chi connectivity index (χ3v) is 6.90. The Morgan fingerprint density at radius 3 is 1.95 bits per heavy atom. The molecule has 0 amide bonds. The van der Waals surface area contributed by atoms with E-state index in [1.54, 1.807) is 0 Å². The number of hydrogen-bond acceptors (Lipinski definition) is 1. The van der Waals surface area contributed by atoms with Gasteiger partial charge in [0.2, 0.25) is 0 Å².